The van der Waals surface area contributed by atoms with E-state index < -0.39 is 7.52 Å². The zero-order valence-corrected chi connectivity index (χ0v) is 6.61. The molecule has 1 unspecified atom stereocenters. The zero-order chi connectivity index (χ0) is 7.00. The second-order valence-corrected chi connectivity index (χ2v) is 5.55. The van der Waals surface area contributed by atoms with Crippen LogP contribution >= 0.6 is 7.52 Å². The molecule has 0 heterocycles. The van der Waals surface area contributed by atoms with Gasteiger partial charge in [0, 0.05) is 6.66 Å². The average molecular weight is 137 g/mol. The summed E-state index contributed by atoms with van der Waals surface area (Å²) in [7, 11) is 1.74. The summed E-state index contributed by atoms with van der Waals surface area (Å²) >= 11 is 0. The highest BCUT2D eigenvalue weighted by atomic mass is 31.2. The van der Waals surface area contributed by atoms with Crippen molar-refractivity contribution in [1.29, 1.82) is 0 Å². The van der Waals surface area contributed by atoms with Gasteiger partial charge in [-0.25, -0.2) is 0 Å². The molecule has 0 rings (SSSR count). The van der Waals surface area contributed by atoms with Crippen LogP contribution in [0.5, 0.6) is 0 Å². The molecule has 0 aromatic carbocycles. The van der Waals surface area contributed by atoms with Gasteiger partial charge in [-0.3, -0.25) is 4.57 Å². The lowest BCUT2D eigenvalue weighted by molar-refractivity contribution is -0.765. The summed E-state index contributed by atoms with van der Waals surface area (Å²) in [5.74, 6) is 0. The normalized spacial score (nSPS) is 20.1. The Hall–Kier alpha value is 0.150. The van der Waals surface area contributed by atoms with Crippen molar-refractivity contribution >= 4 is 7.52 Å². The Balaban J connectivity index is 4.26. The minimum Gasteiger partial charge on any atom is -0.754 e. The quantitative estimate of drug-likeness (QED) is 0.472. The summed E-state index contributed by atoms with van der Waals surface area (Å²) in [5.41, 5.74) is 0. The van der Waals surface area contributed by atoms with Crippen LogP contribution in [0.4, 0.5) is 0 Å². The van der Waals surface area contributed by atoms with Gasteiger partial charge in [-0.2, -0.15) is 0 Å². The lowest BCUT2D eigenvalue weighted by Crippen LogP contribution is -2.34. The molecule has 0 aromatic rings. The molecule has 0 aromatic heterocycles. The SMILES string of the molecule is C[N+](C)(C)P(C)(=O)[O-]. The molecule has 0 aliphatic rings. The Morgan fingerprint density at radius 2 is 1.50 bits per heavy atom. The van der Waals surface area contributed by atoms with E-state index in [0.29, 0.717) is 0 Å². The van der Waals surface area contributed by atoms with Crippen molar-refractivity contribution in [2.45, 2.75) is 0 Å². The molecule has 0 amide bonds. The summed E-state index contributed by atoms with van der Waals surface area (Å²) in [6.07, 6.45) is 0. The molecule has 0 saturated carbocycles. The van der Waals surface area contributed by atoms with E-state index in [4.69, 9.17) is 0 Å². The van der Waals surface area contributed by atoms with Gasteiger partial charge >= 0.3 is 0 Å². The molecule has 0 radical (unpaired) electrons. The second kappa shape index (κ2) is 1.83. The first-order valence-corrected chi connectivity index (χ1v) is 4.38. The predicted octanol–water partition coefficient (Wildman–Crippen LogP) is -0.124. The standard InChI is InChI=1S/C4H12NO2P/c1-5(2,3)8(4,6)7/h1-4H3. The molecule has 0 fully saturated rings. The van der Waals surface area contributed by atoms with E-state index in [9.17, 15) is 9.46 Å². The van der Waals surface area contributed by atoms with Crippen LogP contribution in [0.2, 0.25) is 0 Å². The van der Waals surface area contributed by atoms with Crippen LogP contribution in [0.25, 0.3) is 0 Å². The Morgan fingerprint density at radius 1 is 1.38 bits per heavy atom. The van der Waals surface area contributed by atoms with Crippen molar-refractivity contribution in [3.05, 3.63) is 0 Å². The van der Waals surface area contributed by atoms with Crippen molar-refractivity contribution in [3.8, 4) is 0 Å². The van der Waals surface area contributed by atoms with Crippen LogP contribution < -0.4 is 4.89 Å². The molecule has 0 aliphatic carbocycles. The van der Waals surface area contributed by atoms with Crippen LogP contribution in [-0.4, -0.2) is 32.1 Å². The van der Waals surface area contributed by atoms with Gasteiger partial charge < -0.3 is 9.15 Å². The van der Waals surface area contributed by atoms with Gasteiger partial charge in [-0.15, -0.1) is 0 Å². The summed E-state index contributed by atoms with van der Waals surface area (Å²) in [6, 6.07) is 0. The van der Waals surface area contributed by atoms with Crippen LogP contribution in [0, 0.1) is 0 Å². The molecule has 0 saturated heterocycles. The highest BCUT2D eigenvalue weighted by molar-refractivity contribution is 7.49. The lowest BCUT2D eigenvalue weighted by Gasteiger charge is -2.35. The number of hydrogen-bond acceptors (Lipinski definition) is 2. The Kier molecular flexibility index (Phi) is 1.87. The van der Waals surface area contributed by atoms with Gasteiger partial charge in [0.05, 0.1) is 21.1 Å². The zero-order valence-electron chi connectivity index (χ0n) is 5.71. The predicted molar refractivity (Wildman–Crippen MR) is 31.6 cm³/mol. The van der Waals surface area contributed by atoms with E-state index >= 15 is 0 Å². The van der Waals surface area contributed by atoms with Crippen molar-refractivity contribution in [2.24, 2.45) is 0 Å². The minimum absolute atomic E-state index is 0.0208. The van der Waals surface area contributed by atoms with Crippen molar-refractivity contribution in [3.63, 3.8) is 0 Å². The van der Waals surface area contributed by atoms with Crippen LogP contribution in [0.3, 0.4) is 0 Å². The first kappa shape index (κ1) is 8.15. The fourth-order valence-corrected chi connectivity index (χ4v) is 0. The van der Waals surface area contributed by atoms with E-state index in [2.05, 4.69) is 0 Å². The largest absolute Gasteiger partial charge is 0.754 e. The third-order valence-electron chi connectivity index (χ3n) is 1.09. The highest BCUT2D eigenvalue weighted by Crippen LogP contribution is 2.38. The van der Waals surface area contributed by atoms with Crippen molar-refractivity contribution in [2.75, 3.05) is 27.8 Å². The molecule has 4 heteroatoms. The molecule has 1 atom stereocenters. The molecular weight excluding hydrogens is 125 g/mol. The average Bonchev–Trinajstić information content (AvgIpc) is 1.25. The van der Waals surface area contributed by atoms with E-state index in [1.165, 1.54) is 6.66 Å². The maximum absolute atomic E-state index is 10.7. The topological polar surface area (TPSA) is 40.1 Å². The Labute approximate surface area is 50.0 Å². The fourth-order valence-electron chi connectivity index (χ4n) is 0. The van der Waals surface area contributed by atoms with Crippen LogP contribution in [0.1, 0.15) is 0 Å². The van der Waals surface area contributed by atoms with E-state index in [0.717, 1.165) is 0 Å². The highest BCUT2D eigenvalue weighted by Gasteiger charge is 2.17. The lowest BCUT2D eigenvalue weighted by atomic mass is 11.0. The van der Waals surface area contributed by atoms with Crippen molar-refractivity contribution in [1.82, 2.24) is 0 Å². The molecule has 50 valence electrons. The van der Waals surface area contributed by atoms with Gasteiger partial charge in [0.2, 0.25) is 0 Å². The fraction of sp³-hybridized carbons (Fsp3) is 1.00. The second-order valence-electron chi connectivity index (χ2n) is 2.74. The van der Waals surface area contributed by atoms with Gasteiger partial charge in [-0.05, 0) is 0 Å². The molecule has 8 heavy (non-hydrogen) atoms. The van der Waals surface area contributed by atoms with Gasteiger partial charge in [-0.1, -0.05) is 0 Å². The summed E-state index contributed by atoms with van der Waals surface area (Å²) in [4.78, 5) is 10.7. The monoisotopic (exact) mass is 137 g/mol. The number of nitrogens with zero attached hydrogens (tertiary/aromatic N) is 1. The van der Waals surface area contributed by atoms with Crippen LogP contribution in [0.15, 0.2) is 0 Å². The maximum atomic E-state index is 10.7. The van der Waals surface area contributed by atoms with E-state index in [-0.39, 0.29) is 4.25 Å². The van der Waals surface area contributed by atoms with Gasteiger partial charge in [0.15, 0.2) is 7.52 Å². The molecular formula is C4H12NO2P. The number of quaternary nitrogens is 1. The Morgan fingerprint density at radius 3 is 1.50 bits per heavy atom. The number of hydrogen-bond donors (Lipinski definition) is 0. The smallest absolute Gasteiger partial charge is 0.187 e. The van der Waals surface area contributed by atoms with Gasteiger partial charge in [0.1, 0.15) is 0 Å². The minimum atomic E-state index is -3.16. The maximum Gasteiger partial charge on any atom is 0.187 e. The molecule has 0 bridgehead atoms. The first-order chi connectivity index (χ1) is 3.25. The Bertz CT molecular complexity index is 120. The molecule has 3 nitrogen and oxygen atoms in total. The van der Waals surface area contributed by atoms with E-state index in [1.807, 2.05) is 0 Å². The third-order valence-corrected chi connectivity index (χ3v) is 3.27. The molecule has 0 N–H and O–H groups in total. The number of rotatable bonds is 1. The molecule has 0 aliphatic heterocycles. The summed E-state index contributed by atoms with van der Waals surface area (Å²) in [6.45, 7) is 1.24. The third kappa shape index (κ3) is 1.95. The first-order valence-electron chi connectivity index (χ1n) is 2.35. The molecule has 0 spiro atoms. The summed E-state index contributed by atoms with van der Waals surface area (Å²) < 4.78 is 10.7. The van der Waals surface area contributed by atoms with E-state index in [1.54, 1.807) is 21.1 Å². The summed E-state index contributed by atoms with van der Waals surface area (Å²) in [5, 5.41) is 0. The van der Waals surface area contributed by atoms with Crippen molar-refractivity contribution < 1.29 is 13.7 Å². The van der Waals surface area contributed by atoms with Crippen LogP contribution in [-0.2, 0) is 4.57 Å². The van der Waals surface area contributed by atoms with Gasteiger partial charge in [0.25, 0.3) is 0 Å².